The Morgan fingerprint density at radius 2 is 1.95 bits per heavy atom. The monoisotopic (exact) mass is 299 g/mol. The van der Waals surface area contributed by atoms with Crippen LogP contribution < -0.4 is 5.32 Å². The zero-order valence-corrected chi connectivity index (χ0v) is 14.4. The Bertz CT molecular complexity index is 570. The average molecular weight is 299 g/mol. The van der Waals surface area contributed by atoms with E-state index >= 15 is 0 Å². The Morgan fingerprint density at radius 1 is 1.23 bits per heavy atom. The second-order valence-electron chi connectivity index (χ2n) is 7.83. The van der Waals surface area contributed by atoms with Gasteiger partial charge in [-0.2, -0.15) is 0 Å². The lowest BCUT2D eigenvalue weighted by Gasteiger charge is -2.26. The predicted molar refractivity (Wildman–Crippen MR) is 93.4 cm³/mol. The SMILES string of the molecule is CN=C(NCC1(c2ccccc2C)CC1)N1CCC(C)(C)C1. The molecule has 0 unspecified atom stereocenters. The second kappa shape index (κ2) is 5.60. The molecule has 1 saturated carbocycles. The zero-order chi connectivity index (χ0) is 15.8. The van der Waals surface area contributed by atoms with E-state index in [1.54, 1.807) is 0 Å². The molecule has 2 aliphatic rings. The first kappa shape index (κ1) is 15.4. The van der Waals surface area contributed by atoms with Gasteiger partial charge in [0, 0.05) is 32.1 Å². The topological polar surface area (TPSA) is 27.6 Å². The van der Waals surface area contributed by atoms with Crippen LogP contribution in [0.15, 0.2) is 29.3 Å². The molecule has 0 atom stereocenters. The highest BCUT2D eigenvalue weighted by Crippen LogP contribution is 2.48. The highest BCUT2D eigenvalue weighted by molar-refractivity contribution is 5.80. The van der Waals surface area contributed by atoms with E-state index in [-0.39, 0.29) is 0 Å². The van der Waals surface area contributed by atoms with E-state index in [0.717, 1.165) is 25.6 Å². The third-order valence-electron chi connectivity index (χ3n) is 5.34. The van der Waals surface area contributed by atoms with Gasteiger partial charge < -0.3 is 10.2 Å². The summed E-state index contributed by atoms with van der Waals surface area (Å²) in [5.74, 6) is 1.07. The lowest BCUT2D eigenvalue weighted by atomic mass is 9.92. The number of nitrogens with one attached hydrogen (secondary N) is 1. The predicted octanol–water partition coefficient (Wildman–Crippen LogP) is 3.33. The first-order valence-corrected chi connectivity index (χ1v) is 8.48. The minimum atomic E-state index is 0.330. The summed E-state index contributed by atoms with van der Waals surface area (Å²) < 4.78 is 0. The van der Waals surface area contributed by atoms with Crippen molar-refractivity contribution in [1.29, 1.82) is 0 Å². The standard InChI is InChI=1S/C19H29N3/c1-15-7-5-6-8-16(15)19(9-10-19)13-21-17(20-4)22-12-11-18(2,3)14-22/h5-8H,9-14H2,1-4H3,(H,20,21). The van der Waals surface area contributed by atoms with E-state index in [2.05, 4.69) is 60.2 Å². The molecular formula is C19H29N3. The number of likely N-dealkylation sites (tertiary alicyclic amines) is 1. The van der Waals surface area contributed by atoms with E-state index in [0.29, 0.717) is 10.8 Å². The van der Waals surface area contributed by atoms with Gasteiger partial charge in [0.05, 0.1) is 0 Å². The Labute approximate surface area is 134 Å². The summed E-state index contributed by atoms with van der Waals surface area (Å²) in [7, 11) is 1.90. The molecule has 0 aromatic heterocycles. The molecule has 1 aromatic rings. The minimum Gasteiger partial charge on any atom is -0.355 e. The van der Waals surface area contributed by atoms with Crippen molar-refractivity contribution in [2.75, 3.05) is 26.7 Å². The zero-order valence-electron chi connectivity index (χ0n) is 14.4. The lowest BCUT2D eigenvalue weighted by molar-refractivity contribution is 0.369. The third kappa shape index (κ3) is 2.99. The van der Waals surface area contributed by atoms with Crippen LogP contribution in [0, 0.1) is 12.3 Å². The molecule has 3 nitrogen and oxygen atoms in total. The molecule has 22 heavy (non-hydrogen) atoms. The Morgan fingerprint density at radius 3 is 2.50 bits per heavy atom. The number of hydrogen-bond acceptors (Lipinski definition) is 1. The second-order valence-corrected chi connectivity index (χ2v) is 7.83. The van der Waals surface area contributed by atoms with Crippen LogP contribution in [0.2, 0.25) is 0 Å². The maximum Gasteiger partial charge on any atom is 0.193 e. The van der Waals surface area contributed by atoms with Crippen LogP contribution in [0.4, 0.5) is 0 Å². The molecule has 3 rings (SSSR count). The molecule has 0 spiro atoms. The first-order chi connectivity index (χ1) is 10.5. The molecule has 1 aliphatic heterocycles. The Balaban J connectivity index is 1.66. The van der Waals surface area contributed by atoms with Gasteiger partial charge in [-0.05, 0) is 42.7 Å². The van der Waals surface area contributed by atoms with Gasteiger partial charge in [0.25, 0.3) is 0 Å². The largest absolute Gasteiger partial charge is 0.355 e. The molecule has 1 aromatic carbocycles. The Kier molecular flexibility index (Phi) is 3.92. The van der Waals surface area contributed by atoms with Gasteiger partial charge in [0.15, 0.2) is 5.96 Å². The minimum absolute atomic E-state index is 0.330. The van der Waals surface area contributed by atoms with Crippen LogP contribution in [0.25, 0.3) is 0 Å². The van der Waals surface area contributed by atoms with Crippen molar-refractivity contribution in [2.45, 2.75) is 45.4 Å². The normalized spacial score (nSPS) is 22.7. The molecule has 1 saturated heterocycles. The van der Waals surface area contributed by atoms with Gasteiger partial charge in [-0.3, -0.25) is 4.99 Å². The van der Waals surface area contributed by atoms with Crippen LogP contribution in [0.1, 0.15) is 44.2 Å². The van der Waals surface area contributed by atoms with Crippen LogP contribution in [-0.4, -0.2) is 37.5 Å². The molecule has 0 bridgehead atoms. The summed E-state index contributed by atoms with van der Waals surface area (Å²) in [5, 5.41) is 3.65. The third-order valence-corrected chi connectivity index (χ3v) is 5.34. The summed E-state index contributed by atoms with van der Waals surface area (Å²) in [6.07, 6.45) is 3.82. The number of aryl methyl sites for hydroxylation is 1. The van der Waals surface area contributed by atoms with Crippen LogP contribution in [0.3, 0.4) is 0 Å². The van der Waals surface area contributed by atoms with E-state index in [1.165, 1.54) is 30.4 Å². The van der Waals surface area contributed by atoms with Gasteiger partial charge in [0.2, 0.25) is 0 Å². The lowest BCUT2D eigenvalue weighted by Crippen LogP contribution is -2.43. The summed E-state index contributed by atoms with van der Waals surface area (Å²) in [4.78, 5) is 6.92. The molecule has 3 heteroatoms. The molecule has 0 radical (unpaired) electrons. The maximum atomic E-state index is 4.51. The van der Waals surface area contributed by atoms with E-state index in [4.69, 9.17) is 0 Å². The fourth-order valence-electron chi connectivity index (χ4n) is 3.73. The molecule has 1 N–H and O–H groups in total. The quantitative estimate of drug-likeness (QED) is 0.685. The number of guanidine groups is 1. The maximum absolute atomic E-state index is 4.51. The smallest absolute Gasteiger partial charge is 0.193 e. The van der Waals surface area contributed by atoms with Gasteiger partial charge in [-0.15, -0.1) is 0 Å². The molecule has 120 valence electrons. The Hall–Kier alpha value is -1.51. The summed E-state index contributed by atoms with van der Waals surface area (Å²) in [5.41, 5.74) is 3.67. The number of rotatable bonds is 3. The molecule has 1 aliphatic carbocycles. The fraction of sp³-hybridized carbons (Fsp3) is 0.632. The van der Waals surface area contributed by atoms with E-state index in [9.17, 15) is 0 Å². The van der Waals surface area contributed by atoms with Crippen LogP contribution >= 0.6 is 0 Å². The van der Waals surface area contributed by atoms with Crippen molar-refractivity contribution < 1.29 is 0 Å². The van der Waals surface area contributed by atoms with Gasteiger partial charge in [-0.1, -0.05) is 38.1 Å². The van der Waals surface area contributed by atoms with Crippen molar-refractivity contribution in [3.05, 3.63) is 35.4 Å². The fourth-order valence-corrected chi connectivity index (χ4v) is 3.73. The van der Waals surface area contributed by atoms with Gasteiger partial charge >= 0.3 is 0 Å². The van der Waals surface area contributed by atoms with Crippen LogP contribution in [0.5, 0.6) is 0 Å². The van der Waals surface area contributed by atoms with Gasteiger partial charge in [-0.25, -0.2) is 0 Å². The number of nitrogens with zero attached hydrogens (tertiary/aromatic N) is 2. The molecular weight excluding hydrogens is 270 g/mol. The van der Waals surface area contributed by atoms with Crippen LogP contribution in [-0.2, 0) is 5.41 Å². The molecule has 1 heterocycles. The average Bonchev–Trinajstić information content (AvgIpc) is 3.18. The van der Waals surface area contributed by atoms with Crippen molar-refractivity contribution in [3.63, 3.8) is 0 Å². The summed E-state index contributed by atoms with van der Waals surface area (Å²) in [6, 6.07) is 8.83. The molecule has 2 fully saturated rings. The van der Waals surface area contributed by atoms with Crippen molar-refractivity contribution in [2.24, 2.45) is 10.4 Å². The van der Waals surface area contributed by atoms with E-state index in [1.807, 2.05) is 7.05 Å². The first-order valence-electron chi connectivity index (χ1n) is 8.48. The summed E-state index contributed by atoms with van der Waals surface area (Å²) in [6.45, 7) is 10.1. The molecule has 0 amide bonds. The summed E-state index contributed by atoms with van der Waals surface area (Å²) >= 11 is 0. The van der Waals surface area contributed by atoms with Crippen molar-refractivity contribution in [3.8, 4) is 0 Å². The number of aliphatic imine (C=N–C) groups is 1. The van der Waals surface area contributed by atoms with Gasteiger partial charge in [0.1, 0.15) is 0 Å². The van der Waals surface area contributed by atoms with Crippen molar-refractivity contribution >= 4 is 5.96 Å². The number of hydrogen-bond donors (Lipinski definition) is 1. The number of benzene rings is 1. The van der Waals surface area contributed by atoms with E-state index < -0.39 is 0 Å². The highest BCUT2D eigenvalue weighted by atomic mass is 15.3. The van der Waals surface area contributed by atoms with Crippen molar-refractivity contribution in [1.82, 2.24) is 10.2 Å². The highest BCUT2D eigenvalue weighted by Gasteiger charge is 2.45.